The number of piperazine rings is 1. The fourth-order valence-electron chi connectivity index (χ4n) is 4.53. The van der Waals surface area contributed by atoms with E-state index < -0.39 is 0 Å². The smallest absolute Gasteiger partial charge is 0.257 e. The van der Waals surface area contributed by atoms with Crippen molar-refractivity contribution in [3.63, 3.8) is 0 Å². The third-order valence-electron chi connectivity index (χ3n) is 6.83. The zero-order valence-electron chi connectivity index (χ0n) is 18.4. The van der Waals surface area contributed by atoms with Crippen molar-refractivity contribution in [2.45, 2.75) is 37.9 Å². The van der Waals surface area contributed by atoms with Crippen LogP contribution in [0.3, 0.4) is 0 Å². The van der Waals surface area contributed by atoms with E-state index in [1.165, 1.54) is 25.0 Å². The van der Waals surface area contributed by atoms with Gasteiger partial charge in [0, 0.05) is 56.1 Å². The molecule has 5 rings (SSSR count). The molecular weight excluding hydrogens is 425 g/mol. The number of pyridine rings is 1. The van der Waals surface area contributed by atoms with Crippen molar-refractivity contribution in [2.24, 2.45) is 5.41 Å². The molecule has 0 bridgehead atoms. The van der Waals surface area contributed by atoms with Crippen molar-refractivity contribution < 1.29 is 9.18 Å². The van der Waals surface area contributed by atoms with Crippen LogP contribution in [0.1, 0.15) is 43.0 Å². The fourth-order valence-corrected chi connectivity index (χ4v) is 5.68. The van der Waals surface area contributed by atoms with Gasteiger partial charge in [0.05, 0.1) is 28.3 Å². The minimum absolute atomic E-state index is 0.0386. The lowest BCUT2D eigenvalue weighted by Gasteiger charge is -2.38. The van der Waals surface area contributed by atoms with Crippen LogP contribution in [-0.2, 0) is 0 Å². The van der Waals surface area contributed by atoms with E-state index in [4.69, 9.17) is 0 Å². The van der Waals surface area contributed by atoms with Gasteiger partial charge in [0.1, 0.15) is 5.82 Å². The normalized spacial score (nSPS) is 21.5. The lowest BCUT2D eigenvalue weighted by atomic mass is 9.81. The van der Waals surface area contributed by atoms with E-state index >= 15 is 0 Å². The molecule has 1 aromatic heterocycles. The molecule has 1 aliphatic carbocycles. The number of nitrogens with zero attached hydrogens (tertiary/aromatic N) is 5. The van der Waals surface area contributed by atoms with Crippen LogP contribution in [0.15, 0.2) is 24.4 Å². The molecule has 6 nitrogen and oxygen atoms in total. The van der Waals surface area contributed by atoms with Crippen LogP contribution in [0, 0.1) is 22.6 Å². The summed E-state index contributed by atoms with van der Waals surface area (Å²) in [6.45, 7) is 6.40. The molecule has 1 aromatic carbocycles. The Bertz CT molecular complexity index is 1070. The van der Waals surface area contributed by atoms with Gasteiger partial charge >= 0.3 is 0 Å². The van der Waals surface area contributed by atoms with E-state index in [1.807, 2.05) is 23.8 Å². The Morgan fingerprint density at radius 1 is 1.19 bits per heavy atom. The fraction of sp³-hybridized carbons (Fsp3) is 0.542. The van der Waals surface area contributed by atoms with Crippen molar-refractivity contribution in [2.75, 3.05) is 44.2 Å². The van der Waals surface area contributed by atoms with Gasteiger partial charge in [-0.15, -0.1) is 0 Å². The summed E-state index contributed by atoms with van der Waals surface area (Å²) < 4.78 is 16.6. The van der Waals surface area contributed by atoms with Crippen LogP contribution in [0.2, 0.25) is 0 Å². The summed E-state index contributed by atoms with van der Waals surface area (Å²) in [6.07, 6.45) is 5.68. The summed E-state index contributed by atoms with van der Waals surface area (Å²) in [5.41, 5.74) is 1.61. The molecule has 0 atom stereocenters. The Kier molecular flexibility index (Phi) is 5.72. The lowest BCUT2D eigenvalue weighted by Crippen LogP contribution is -2.47. The number of hydrogen-bond acceptors (Lipinski definition) is 6. The maximum Gasteiger partial charge on any atom is 0.257 e. The number of benzene rings is 1. The molecule has 0 unspecified atom stereocenters. The van der Waals surface area contributed by atoms with E-state index in [1.54, 1.807) is 12.3 Å². The van der Waals surface area contributed by atoms with Gasteiger partial charge in [0.2, 0.25) is 0 Å². The van der Waals surface area contributed by atoms with Crippen molar-refractivity contribution in [1.82, 2.24) is 14.2 Å². The first-order chi connectivity index (χ1) is 15.5. The maximum absolute atomic E-state index is 14.2. The molecule has 0 radical (unpaired) electrons. The Labute approximate surface area is 192 Å². The average molecular weight is 454 g/mol. The number of nitriles is 1. The van der Waals surface area contributed by atoms with Crippen LogP contribution < -0.4 is 4.90 Å². The number of rotatable bonds is 4. The first-order valence-corrected chi connectivity index (χ1v) is 12.2. The standard InChI is InChI=1S/C24H28FN5OS/c1-24(16-26)6-8-28(9-7-24)22-19-14-17(25)2-5-21(19)27-15-20(22)23(31)29-10-12-30(13-11-29)32-18-3-4-18/h2,5,14-15,18H,3-4,6-13H2,1H3. The molecule has 1 amide bonds. The largest absolute Gasteiger partial charge is 0.370 e. The highest BCUT2D eigenvalue weighted by Crippen LogP contribution is 2.38. The summed E-state index contributed by atoms with van der Waals surface area (Å²) in [5.74, 6) is -0.377. The Morgan fingerprint density at radius 3 is 2.56 bits per heavy atom. The number of amides is 1. The Hall–Kier alpha value is -2.37. The number of fused-ring (bicyclic) bond motifs is 1. The number of carbonyl (C=O) groups excluding carboxylic acids is 1. The predicted molar refractivity (Wildman–Crippen MR) is 125 cm³/mol. The SMILES string of the molecule is CC1(C#N)CCN(c2c(C(=O)N3CCN(SC4CC4)CC3)cnc3ccc(F)cc23)CC1. The van der Waals surface area contributed by atoms with Gasteiger partial charge in [-0.25, -0.2) is 8.70 Å². The first kappa shape index (κ1) is 21.5. The molecule has 3 heterocycles. The zero-order valence-corrected chi connectivity index (χ0v) is 19.2. The zero-order chi connectivity index (χ0) is 22.3. The quantitative estimate of drug-likeness (QED) is 0.651. The second-order valence-corrected chi connectivity index (χ2v) is 10.8. The molecule has 168 valence electrons. The molecule has 32 heavy (non-hydrogen) atoms. The van der Waals surface area contributed by atoms with Crippen LogP contribution in [0.25, 0.3) is 10.9 Å². The molecule has 1 saturated carbocycles. The topological polar surface area (TPSA) is 63.5 Å². The number of piperidine rings is 1. The molecule has 2 saturated heterocycles. The highest BCUT2D eigenvalue weighted by molar-refractivity contribution is 7.97. The molecule has 8 heteroatoms. The van der Waals surface area contributed by atoms with E-state index in [-0.39, 0.29) is 17.1 Å². The summed E-state index contributed by atoms with van der Waals surface area (Å²) in [6, 6.07) is 6.98. The Balaban J connectivity index is 1.44. The van der Waals surface area contributed by atoms with Crippen LogP contribution in [0.4, 0.5) is 10.1 Å². The monoisotopic (exact) mass is 453 g/mol. The molecular formula is C24H28FN5OS. The second kappa shape index (κ2) is 8.53. The van der Waals surface area contributed by atoms with Gasteiger partial charge in [-0.05, 0) is 50.8 Å². The summed E-state index contributed by atoms with van der Waals surface area (Å²) >= 11 is 1.93. The van der Waals surface area contributed by atoms with E-state index in [2.05, 4.69) is 20.3 Å². The third kappa shape index (κ3) is 4.28. The van der Waals surface area contributed by atoms with E-state index in [0.717, 1.165) is 24.0 Å². The number of carbonyl (C=O) groups is 1. The summed E-state index contributed by atoms with van der Waals surface area (Å²) in [7, 11) is 0. The second-order valence-electron chi connectivity index (χ2n) is 9.37. The van der Waals surface area contributed by atoms with Gasteiger partial charge in [-0.2, -0.15) is 5.26 Å². The summed E-state index contributed by atoms with van der Waals surface area (Å²) in [4.78, 5) is 22.1. The van der Waals surface area contributed by atoms with Crippen LogP contribution in [0.5, 0.6) is 0 Å². The van der Waals surface area contributed by atoms with Crippen LogP contribution >= 0.6 is 11.9 Å². The minimum Gasteiger partial charge on any atom is -0.370 e. The number of aromatic nitrogens is 1. The van der Waals surface area contributed by atoms with Crippen molar-refractivity contribution in [3.8, 4) is 6.07 Å². The summed E-state index contributed by atoms with van der Waals surface area (Å²) in [5, 5.41) is 10.9. The first-order valence-electron chi connectivity index (χ1n) is 11.4. The molecule has 2 aliphatic heterocycles. The number of anilines is 1. The minimum atomic E-state index is -0.357. The van der Waals surface area contributed by atoms with Gasteiger partial charge in [0.15, 0.2) is 0 Å². The highest BCUT2D eigenvalue weighted by Gasteiger charge is 2.34. The van der Waals surface area contributed by atoms with Crippen molar-refractivity contribution >= 4 is 34.4 Å². The molecule has 0 N–H and O–H groups in total. The van der Waals surface area contributed by atoms with E-state index in [9.17, 15) is 14.4 Å². The van der Waals surface area contributed by atoms with Crippen LogP contribution in [-0.4, -0.2) is 64.6 Å². The third-order valence-corrected chi connectivity index (χ3v) is 8.27. The van der Waals surface area contributed by atoms with Crippen molar-refractivity contribution in [3.05, 3.63) is 35.8 Å². The average Bonchev–Trinajstić information content (AvgIpc) is 3.63. The van der Waals surface area contributed by atoms with Crippen molar-refractivity contribution in [1.29, 1.82) is 5.26 Å². The number of hydrogen-bond donors (Lipinski definition) is 0. The molecule has 3 fully saturated rings. The Morgan fingerprint density at radius 2 is 1.91 bits per heavy atom. The molecule has 3 aliphatic rings. The highest BCUT2D eigenvalue weighted by atomic mass is 32.2. The molecule has 2 aromatic rings. The number of halogens is 1. The maximum atomic E-state index is 14.2. The van der Waals surface area contributed by atoms with Gasteiger partial charge < -0.3 is 9.80 Å². The van der Waals surface area contributed by atoms with E-state index in [0.29, 0.717) is 55.5 Å². The molecule has 0 spiro atoms. The van der Waals surface area contributed by atoms with Gasteiger partial charge in [-0.1, -0.05) is 11.9 Å². The van der Waals surface area contributed by atoms with Gasteiger partial charge in [-0.3, -0.25) is 9.78 Å². The predicted octanol–water partition coefficient (Wildman–Crippen LogP) is 4.07. The van der Waals surface area contributed by atoms with Gasteiger partial charge in [0.25, 0.3) is 5.91 Å². The lowest BCUT2D eigenvalue weighted by molar-refractivity contribution is 0.0704.